The van der Waals surface area contributed by atoms with Gasteiger partial charge in [-0.15, -0.1) is 0 Å². The van der Waals surface area contributed by atoms with E-state index in [1.807, 2.05) is 26.8 Å². The fourth-order valence-corrected chi connectivity index (χ4v) is 8.42. The molecule has 3 fully saturated rings. The molecule has 2 heterocycles. The highest BCUT2D eigenvalue weighted by molar-refractivity contribution is 5.92. The second-order valence-electron chi connectivity index (χ2n) is 12.5. The maximum atomic E-state index is 14.3. The van der Waals surface area contributed by atoms with Crippen LogP contribution in [0.15, 0.2) is 34.2 Å². The Labute approximate surface area is 223 Å². The van der Waals surface area contributed by atoms with Crippen molar-refractivity contribution < 1.29 is 37.8 Å². The molecule has 0 amide bonds. The Morgan fingerprint density at radius 2 is 1.87 bits per heavy atom. The molecule has 1 aromatic heterocycles. The normalized spacial score (nSPS) is 37.6. The summed E-state index contributed by atoms with van der Waals surface area (Å²) in [5.41, 5.74) is 0.975. The van der Waals surface area contributed by atoms with Gasteiger partial charge in [0.15, 0.2) is 0 Å². The van der Waals surface area contributed by atoms with Crippen molar-refractivity contribution in [1.29, 1.82) is 0 Å². The second kappa shape index (κ2) is 9.09. The highest BCUT2D eigenvalue weighted by Gasteiger charge is 2.68. The summed E-state index contributed by atoms with van der Waals surface area (Å²) in [4.78, 5) is 52.5. The van der Waals surface area contributed by atoms with Crippen LogP contribution in [0.3, 0.4) is 0 Å². The highest BCUT2D eigenvalue weighted by Crippen LogP contribution is 2.68. The number of fused-ring (bicyclic) bond motifs is 5. The van der Waals surface area contributed by atoms with E-state index in [9.17, 15) is 19.2 Å². The van der Waals surface area contributed by atoms with Gasteiger partial charge in [0.25, 0.3) is 0 Å². The summed E-state index contributed by atoms with van der Waals surface area (Å²) >= 11 is 0. The summed E-state index contributed by atoms with van der Waals surface area (Å²) in [6.07, 6.45) is 4.34. The van der Waals surface area contributed by atoms with E-state index in [-0.39, 0.29) is 42.9 Å². The Kier molecular flexibility index (Phi) is 6.39. The van der Waals surface area contributed by atoms with Crippen molar-refractivity contribution in [3.63, 3.8) is 0 Å². The Bertz CT molecular complexity index is 1190. The summed E-state index contributed by atoms with van der Waals surface area (Å²) in [5.74, 6) is -2.10. The number of allylic oxidation sites excluding steroid dienone is 1. The number of hydrogen-bond acceptors (Lipinski definition) is 8. The van der Waals surface area contributed by atoms with E-state index >= 15 is 0 Å². The van der Waals surface area contributed by atoms with Gasteiger partial charge in [0.2, 0.25) is 0 Å². The number of cyclic esters (lactones) is 1. The summed E-state index contributed by atoms with van der Waals surface area (Å²) < 4.78 is 22.3. The fourth-order valence-electron chi connectivity index (χ4n) is 8.42. The van der Waals surface area contributed by atoms with Crippen molar-refractivity contribution in [3.05, 3.63) is 35.3 Å². The number of hydrogen-bond donors (Lipinski definition) is 0. The third kappa shape index (κ3) is 3.69. The first-order valence-electron chi connectivity index (χ1n) is 13.6. The molecule has 1 saturated heterocycles. The van der Waals surface area contributed by atoms with Gasteiger partial charge in [-0.3, -0.25) is 19.2 Å². The third-order valence-corrected chi connectivity index (χ3v) is 10.3. The van der Waals surface area contributed by atoms with Crippen molar-refractivity contribution >= 4 is 23.7 Å². The fraction of sp³-hybridized carbons (Fsp3) is 0.667. The van der Waals surface area contributed by atoms with Crippen LogP contribution in [0.2, 0.25) is 0 Å². The molecule has 0 spiro atoms. The molecule has 8 heteroatoms. The van der Waals surface area contributed by atoms with Crippen LogP contribution in [0.4, 0.5) is 0 Å². The Morgan fingerprint density at radius 3 is 2.50 bits per heavy atom. The van der Waals surface area contributed by atoms with Crippen molar-refractivity contribution in [2.75, 3.05) is 7.11 Å². The molecule has 38 heavy (non-hydrogen) atoms. The van der Waals surface area contributed by atoms with Crippen LogP contribution in [0, 0.1) is 34.0 Å². The first-order valence-corrected chi connectivity index (χ1v) is 13.6. The van der Waals surface area contributed by atoms with Crippen molar-refractivity contribution in [2.45, 2.75) is 85.4 Å². The van der Waals surface area contributed by atoms with Gasteiger partial charge in [0.05, 0.1) is 32.0 Å². The minimum absolute atomic E-state index is 0.0438. The zero-order valence-electron chi connectivity index (χ0n) is 23.1. The first kappa shape index (κ1) is 26.7. The first-order chi connectivity index (χ1) is 17.9. The number of furan rings is 1. The van der Waals surface area contributed by atoms with Gasteiger partial charge >= 0.3 is 17.9 Å². The number of ether oxygens (including phenoxy) is 3. The molecule has 8 nitrogen and oxygen atoms in total. The van der Waals surface area contributed by atoms with Crippen LogP contribution >= 0.6 is 0 Å². The zero-order chi connectivity index (χ0) is 27.6. The predicted molar refractivity (Wildman–Crippen MR) is 135 cm³/mol. The van der Waals surface area contributed by atoms with Gasteiger partial charge in [0.1, 0.15) is 18.0 Å². The van der Waals surface area contributed by atoms with E-state index in [0.29, 0.717) is 6.42 Å². The average Bonchev–Trinajstić information content (AvgIpc) is 3.41. The van der Waals surface area contributed by atoms with Gasteiger partial charge in [-0.2, -0.15) is 0 Å². The molecule has 3 aliphatic carbocycles. The minimum Gasteiger partial charge on any atom is -0.472 e. The number of carbonyl (C=O) groups is 4. The largest absolute Gasteiger partial charge is 0.472 e. The number of ketones is 1. The lowest BCUT2D eigenvalue weighted by Gasteiger charge is -2.63. The molecule has 3 unspecified atom stereocenters. The van der Waals surface area contributed by atoms with Crippen LogP contribution in [0.5, 0.6) is 0 Å². The lowest BCUT2D eigenvalue weighted by atomic mass is 9.40. The standard InChI is InChI=1S/C30H38O8/c1-7-22(31)37-27-18-12-17-19(30(5,25(18)34)21(28(27,2)3)14-23(32)35-6)8-10-29(4)20(17)13-24(33)38-26(29)16-9-11-36-15-16/h9,11,15,18-19,21,26-27H,7-8,10,12-14H2,1-6H3/t18-,19?,21+,26+,27?,29-,30?/m1/s1. The maximum absolute atomic E-state index is 14.3. The van der Waals surface area contributed by atoms with Crippen molar-refractivity contribution in [3.8, 4) is 0 Å². The molecular formula is C30H38O8. The molecule has 7 atom stereocenters. The van der Waals surface area contributed by atoms with E-state index in [4.69, 9.17) is 18.6 Å². The molecule has 4 aliphatic rings. The van der Waals surface area contributed by atoms with Gasteiger partial charge in [-0.1, -0.05) is 40.2 Å². The smallest absolute Gasteiger partial charge is 0.310 e. The predicted octanol–water partition coefficient (Wildman–Crippen LogP) is 5.12. The molecule has 5 rings (SSSR count). The molecule has 2 bridgehead atoms. The van der Waals surface area contributed by atoms with Gasteiger partial charge in [-0.05, 0) is 42.7 Å². The van der Waals surface area contributed by atoms with Crippen LogP contribution in [-0.4, -0.2) is 36.9 Å². The van der Waals surface area contributed by atoms with Gasteiger partial charge < -0.3 is 18.6 Å². The highest BCUT2D eigenvalue weighted by atomic mass is 16.6. The lowest BCUT2D eigenvalue weighted by molar-refractivity contribution is -0.198. The van der Waals surface area contributed by atoms with Crippen molar-refractivity contribution in [2.24, 2.45) is 34.0 Å². The minimum atomic E-state index is -0.869. The SMILES string of the molecule is CCC(=O)OC1[C@@H]2CC3=C4CC(=O)O[C@@H](c5ccoc5)[C@]4(C)CCC3C(C)(C2=O)[C@@H](CC(=O)OC)C1(C)C. The molecule has 0 aromatic carbocycles. The molecule has 1 aromatic rings. The monoisotopic (exact) mass is 526 g/mol. The van der Waals surface area contributed by atoms with E-state index in [1.54, 1.807) is 19.5 Å². The number of Topliss-reactive ketones (excluding diaryl/α,β-unsaturated/α-hetero) is 1. The Balaban J connectivity index is 1.68. The summed E-state index contributed by atoms with van der Waals surface area (Å²) in [7, 11) is 1.35. The lowest BCUT2D eigenvalue weighted by Crippen LogP contribution is -2.66. The van der Waals surface area contributed by atoms with Crippen molar-refractivity contribution in [1.82, 2.24) is 0 Å². The number of carbonyl (C=O) groups excluding carboxylic acids is 4. The molecule has 2 saturated carbocycles. The molecule has 1 aliphatic heterocycles. The average molecular weight is 527 g/mol. The Hall–Kier alpha value is -2.90. The Morgan fingerprint density at radius 1 is 1.13 bits per heavy atom. The van der Waals surface area contributed by atoms with Crippen LogP contribution < -0.4 is 0 Å². The molecule has 0 radical (unpaired) electrons. The van der Waals surface area contributed by atoms with E-state index in [2.05, 4.69) is 6.92 Å². The van der Waals surface area contributed by atoms with Crippen LogP contribution in [0.25, 0.3) is 0 Å². The maximum Gasteiger partial charge on any atom is 0.310 e. The second-order valence-corrected chi connectivity index (χ2v) is 12.5. The molecule has 0 N–H and O–H groups in total. The topological polar surface area (TPSA) is 109 Å². The quantitative estimate of drug-likeness (QED) is 0.296. The number of esters is 3. The van der Waals surface area contributed by atoms with E-state index in [1.165, 1.54) is 7.11 Å². The number of methoxy groups -OCH3 is 1. The van der Waals surface area contributed by atoms with E-state index in [0.717, 1.165) is 29.6 Å². The zero-order valence-corrected chi connectivity index (χ0v) is 23.1. The summed E-state index contributed by atoms with van der Waals surface area (Å²) in [6, 6.07) is 1.83. The van der Waals surface area contributed by atoms with Gasteiger partial charge in [-0.25, -0.2) is 0 Å². The summed E-state index contributed by atoms with van der Waals surface area (Å²) in [6.45, 7) is 9.85. The van der Waals surface area contributed by atoms with Gasteiger partial charge in [0, 0.05) is 34.7 Å². The van der Waals surface area contributed by atoms with E-state index < -0.39 is 46.3 Å². The summed E-state index contributed by atoms with van der Waals surface area (Å²) in [5, 5.41) is 0. The number of rotatable bonds is 5. The van der Waals surface area contributed by atoms with Crippen LogP contribution in [-0.2, 0) is 33.4 Å². The molecule has 206 valence electrons. The third-order valence-electron chi connectivity index (χ3n) is 10.3. The molecular weight excluding hydrogens is 488 g/mol. The van der Waals surface area contributed by atoms with Crippen LogP contribution in [0.1, 0.15) is 84.8 Å².